The summed E-state index contributed by atoms with van der Waals surface area (Å²) >= 11 is 0. The zero-order valence-corrected chi connectivity index (χ0v) is 13.2. The minimum absolute atomic E-state index is 0.0335. The molecule has 3 atom stereocenters. The summed E-state index contributed by atoms with van der Waals surface area (Å²) in [5, 5.41) is 18.1. The number of rotatable bonds is 4. The van der Waals surface area contributed by atoms with Crippen LogP contribution >= 0.6 is 0 Å². The van der Waals surface area contributed by atoms with Crippen molar-refractivity contribution in [3.8, 4) is 0 Å². The molecule has 122 valence electrons. The van der Waals surface area contributed by atoms with Crippen LogP contribution in [0.5, 0.6) is 0 Å². The molecule has 1 saturated heterocycles. The summed E-state index contributed by atoms with van der Waals surface area (Å²) in [5.74, 6) is 0. The average Bonchev–Trinajstić information content (AvgIpc) is 2.97. The minimum Gasteiger partial charge on any atom is -0.387 e. The number of aliphatic hydroxyl groups is 1. The van der Waals surface area contributed by atoms with Crippen molar-refractivity contribution in [1.29, 1.82) is 0 Å². The molecule has 0 saturated carbocycles. The van der Waals surface area contributed by atoms with Crippen molar-refractivity contribution in [2.45, 2.75) is 31.6 Å². The number of urea groups is 1. The van der Waals surface area contributed by atoms with E-state index in [-0.39, 0.29) is 24.7 Å². The fourth-order valence-corrected chi connectivity index (χ4v) is 2.86. The molecular formula is C18H22N2O3. The van der Waals surface area contributed by atoms with Gasteiger partial charge >= 0.3 is 6.03 Å². The third-order valence-corrected chi connectivity index (χ3v) is 4.31. The predicted octanol–water partition coefficient (Wildman–Crippen LogP) is 2.35. The Balaban J connectivity index is 1.55. The van der Waals surface area contributed by atoms with Gasteiger partial charge in [0.05, 0.1) is 18.2 Å². The molecule has 0 bridgehead atoms. The molecule has 3 N–H and O–H groups in total. The Labute approximate surface area is 135 Å². The fraction of sp³-hybridized carbons (Fsp3) is 0.389. The standard InChI is InChI=1S/C18H22N2O3/c1-12-16(8-9-23-12)20-18(22)19-11-17(21)15-7-6-13-4-2-3-5-14(13)10-15/h2-7,10,12,16-17,21H,8-9,11H2,1H3,(H2,19,20,22). The van der Waals surface area contributed by atoms with Crippen LogP contribution in [0.2, 0.25) is 0 Å². The van der Waals surface area contributed by atoms with Crippen LogP contribution < -0.4 is 10.6 Å². The molecule has 1 aliphatic rings. The van der Waals surface area contributed by atoms with E-state index in [0.717, 1.165) is 22.8 Å². The van der Waals surface area contributed by atoms with Gasteiger partial charge < -0.3 is 20.5 Å². The molecule has 5 nitrogen and oxygen atoms in total. The first-order chi connectivity index (χ1) is 11.1. The Morgan fingerprint density at radius 2 is 2.09 bits per heavy atom. The quantitative estimate of drug-likeness (QED) is 0.811. The number of hydrogen-bond donors (Lipinski definition) is 3. The number of nitrogens with one attached hydrogen (secondary N) is 2. The SMILES string of the molecule is CC1OCCC1NC(=O)NCC(O)c1ccc2ccccc2c1. The van der Waals surface area contributed by atoms with Crippen LogP contribution in [0, 0.1) is 0 Å². The maximum absolute atomic E-state index is 11.9. The van der Waals surface area contributed by atoms with Gasteiger partial charge in [-0.15, -0.1) is 0 Å². The lowest BCUT2D eigenvalue weighted by atomic mass is 10.0. The van der Waals surface area contributed by atoms with Crippen molar-refractivity contribution in [3.63, 3.8) is 0 Å². The molecule has 0 radical (unpaired) electrons. The van der Waals surface area contributed by atoms with E-state index in [9.17, 15) is 9.90 Å². The average molecular weight is 314 g/mol. The molecule has 1 aliphatic heterocycles. The third-order valence-electron chi connectivity index (χ3n) is 4.31. The van der Waals surface area contributed by atoms with Crippen LogP contribution in [0.25, 0.3) is 10.8 Å². The van der Waals surface area contributed by atoms with Gasteiger partial charge in [-0.25, -0.2) is 4.79 Å². The third kappa shape index (κ3) is 3.81. The first-order valence-electron chi connectivity index (χ1n) is 7.96. The Morgan fingerprint density at radius 3 is 2.83 bits per heavy atom. The normalized spacial score (nSPS) is 22.0. The molecule has 0 aromatic heterocycles. The zero-order valence-electron chi connectivity index (χ0n) is 13.2. The summed E-state index contributed by atoms with van der Waals surface area (Å²) in [6.45, 7) is 2.79. The summed E-state index contributed by atoms with van der Waals surface area (Å²) in [6.07, 6.45) is 0.121. The summed E-state index contributed by atoms with van der Waals surface area (Å²) in [4.78, 5) is 11.9. The lowest BCUT2D eigenvalue weighted by Crippen LogP contribution is -2.45. The molecule has 2 amide bonds. The van der Waals surface area contributed by atoms with Gasteiger partial charge in [0.15, 0.2) is 0 Å². The number of amides is 2. The first-order valence-corrected chi connectivity index (χ1v) is 7.96. The van der Waals surface area contributed by atoms with Gasteiger partial charge in [0, 0.05) is 13.2 Å². The van der Waals surface area contributed by atoms with Crippen molar-refractivity contribution in [2.24, 2.45) is 0 Å². The van der Waals surface area contributed by atoms with Crippen LogP contribution in [0.3, 0.4) is 0 Å². The number of fused-ring (bicyclic) bond motifs is 1. The van der Waals surface area contributed by atoms with Crippen LogP contribution in [0.15, 0.2) is 42.5 Å². The monoisotopic (exact) mass is 314 g/mol. The molecule has 0 spiro atoms. The van der Waals surface area contributed by atoms with Gasteiger partial charge in [0.25, 0.3) is 0 Å². The van der Waals surface area contributed by atoms with E-state index in [1.165, 1.54) is 0 Å². The highest BCUT2D eigenvalue weighted by Crippen LogP contribution is 2.20. The number of hydrogen-bond acceptors (Lipinski definition) is 3. The maximum atomic E-state index is 11.9. The van der Waals surface area contributed by atoms with E-state index < -0.39 is 6.10 Å². The number of benzene rings is 2. The van der Waals surface area contributed by atoms with Crippen molar-refractivity contribution >= 4 is 16.8 Å². The second-order valence-corrected chi connectivity index (χ2v) is 5.95. The van der Waals surface area contributed by atoms with Gasteiger partial charge in [-0.1, -0.05) is 36.4 Å². The fourth-order valence-electron chi connectivity index (χ4n) is 2.86. The lowest BCUT2D eigenvalue weighted by molar-refractivity contribution is 0.113. The highest BCUT2D eigenvalue weighted by Gasteiger charge is 2.25. The van der Waals surface area contributed by atoms with Crippen LogP contribution in [0.4, 0.5) is 4.79 Å². The predicted molar refractivity (Wildman–Crippen MR) is 89.3 cm³/mol. The molecule has 1 fully saturated rings. The molecule has 3 unspecified atom stereocenters. The Kier molecular flexibility index (Phi) is 4.79. The summed E-state index contributed by atoms with van der Waals surface area (Å²) in [7, 11) is 0. The van der Waals surface area contributed by atoms with Crippen molar-refractivity contribution in [1.82, 2.24) is 10.6 Å². The van der Waals surface area contributed by atoms with Crippen LogP contribution in [-0.2, 0) is 4.74 Å². The Hall–Kier alpha value is -2.11. The number of carbonyl (C=O) groups is 1. The second kappa shape index (κ2) is 6.98. The zero-order chi connectivity index (χ0) is 16.2. The number of aliphatic hydroxyl groups excluding tert-OH is 1. The van der Waals surface area contributed by atoms with E-state index in [1.807, 2.05) is 49.4 Å². The van der Waals surface area contributed by atoms with E-state index in [1.54, 1.807) is 0 Å². The number of carbonyl (C=O) groups excluding carboxylic acids is 1. The van der Waals surface area contributed by atoms with E-state index in [4.69, 9.17) is 4.74 Å². The summed E-state index contributed by atoms with van der Waals surface area (Å²) in [5.41, 5.74) is 0.793. The molecular weight excluding hydrogens is 292 g/mol. The lowest BCUT2D eigenvalue weighted by Gasteiger charge is -2.18. The van der Waals surface area contributed by atoms with Gasteiger partial charge in [0.1, 0.15) is 0 Å². The highest BCUT2D eigenvalue weighted by atomic mass is 16.5. The number of ether oxygens (including phenoxy) is 1. The van der Waals surface area contributed by atoms with Gasteiger partial charge in [-0.2, -0.15) is 0 Å². The van der Waals surface area contributed by atoms with Crippen LogP contribution in [0.1, 0.15) is 25.0 Å². The van der Waals surface area contributed by atoms with Crippen molar-refractivity contribution in [2.75, 3.05) is 13.2 Å². The maximum Gasteiger partial charge on any atom is 0.315 e. The largest absolute Gasteiger partial charge is 0.387 e. The Bertz CT molecular complexity index is 689. The molecule has 23 heavy (non-hydrogen) atoms. The smallest absolute Gasteiger partial charge is 0.315 e. The van der Waals surface area contributed by atoms with Gasteiger partial charge in [0.2, 0.25) is 0 Å². The summed E-state index contributed by atoms with van der Waals surface area (Å²) in [6, 6.07) is 13.6. The van der Waals surface area contributed by atoms with Crippen LogP contribution in [-0.4, -0.2) is 36.4 Å². The highest BCUT2D eigenvalue weighted by molar-refractivity contribution is 5.83. The molecule has 2 aromatic rings. The minimum atomic E-state index is -0.734. The Morgan fingerprint density at radius 1 is 1.30 bits per heavy atom. The van der Waals surface area contributed by atoms with Gasteiger partial charge in [-0.05, 0) is 35.7 Å². The molecule has 1 heterocycles. The van der Waals surface area contributed by atoms with Crippen molar-refractivity contribution in [3.05, 3.63) is 48.0 Å². The molecule has 2 aromatic carbocycles. The topological polar surface area (TPSA) is 70.6 Å². The van der Waals surface area contributed by atoms with E-state index in [2.05, 4.69) is 10.6 Å². The van der Waals surface area contributed by atoms with E-state index in [0.29, 0.717) is 6.61 Å². The summed E-state index contributed by atoms with van der Waals surface area (Å²) < 4.78 is 5.41. The molecule has 3 rings (SSSR count). The first kappa shape index (κ1) is 15.8. The molecule has 0 aliphatic carbocycles. The second-order valence-electron chi connectivity index (χ2n) is 5.95. The molecule has 5 heteroatoms. The van der Waals surface area contributed by atoms with Gasteiger partial charge in [-0.3, -0.25) is 0 Å². The van der Waals surface area contributed by atoms with Crippen molar-refractivity contribution < 1.29 is 14.6 Å². The van der Waals surface area contributed by atoms with E-state index >= 15 is 0 Å².